The maximum Gasteiger partial charge on any atom is 0.0811 e. The van der Waals surface area contributed by atoms with Crippen molar-refractivity contribution < 1.29 is 4.74 Å². The van der Waals surface area contributed by atoms with Crippen LogP contribution in [0.2, 0.25) is 0 Å². The van der Waals surface area contributed by atoms with Crippen LogP contribution in [0, 0.1) is 0 Å². The molecule has 0 unspecified atom stereocenters. The standard InChI is InChI=1S/C11H17ClO/c1-8(2)13-9(3)10-6-4-5-7-11(10)12/h6-9H,4-5H2,1-3H3/t9-/m1/s1. The molecule has 0 aromatic carbocycles. The first-order chi connectivity index (χ1) is 6.11. The molecular weight excluding hydrogens is 184 g/mol. The molecule has 1 rings (SSSR count). The Kier molecular flexibility index (Phi) is 4.01. The third-order valence-electron chi connectivity index (χ3n) is 2.04. The molecule has 2 heteroatoms. The lowest BCUT2D eigenvalue weighted by Gasteiger charge is -2.21. The second kappa shape index (κ2) is 4.83. The van der Waals surface area contributed by atoms with E-state index in [4.69, 9.17) is 16.3 Å². The van der Waals surface area contributed by atoms with Gasteiger partial charge in [0.15, 0.2) is 0 Å². The van der Waals surface area contributed by atoms with Crippen molar-refractivity contribution in [2.24, 2.45) is 0 Å². The van der Waals surface area contributed by atoms with Crippen LogP contribution >= 0.6 is 11.6 Å². The van der Waals surface area contributed by atoms with Crippen LogP contribution < -0.4 is 0 Å². The van der Waals surface area contributed by atoms with Crippen LogP contribution in [-0.2, 0) is 4.74 Å². The minimum atomic E-state index is 0.115. The fourth-order valence-electron chi connectivity index (χ4n) is 1.51. The quantitative estimate of drug-likeness (QED) is 0.676. The molecule has 0 bridgehead atoms. The van der Waals surface area contributed by atoms with Crippen molar-refractivity contribution in [1.29, 1.82) is 0 Å². The minimum Gasteiger partial charge on any atom is -0.371 e. The Labute approximate surface area is 85.4 Å². The second-order valence-corrected chi connectivity index (χ2v) is 4.02. The summed E-state index contributed by atoms with van der Waals surface area (Å²) in [5.74, 6) is 0. The molecule has 0 fully saturated rings. The average Bonchev–Trinajstić information content (AvgIpc) is 2.03. The Hall–Kier alpha value is -0.270. The Morgan fingerprint density at radius 3 is 2.38 bits per heavy atom. The van der Waals surface area contributed by atoms with Gasteiger partial charge in [0.2, 0.25) is 0 Å². The van der Waals surface area contributed by atoms with E-state index >= 15 is 0 Å². The highest BCUT2D eigenvalue weighted by molar-refractivity contribution is 6.32. The van der Waals surface area contributed by atoms with E-state index in [1.165, 1.54) is 0 Å². The maximum atomic E-state index is 6.07. The zero-order valence-corrected chi connectivity index (χ0v) is 9.27. The summed E-state index contributed by atoms with van der Waals surface area (Å²) in [7, 11) is 0. The summed E-state index contributed by atoms with van der Waals surface area (Å²) in [5, 5.41) is 0.861. The van der Waals surface area contributed by atoms with Crippen LogP contribution in [0.1, 0.15) is 33.6 Å². The highest BCUT2D eigenvalue weighted by Crippen LogP contribution is 2.26. The monoisotopic (exact) mass is 200 g/mol. The summed E-state index contributed by atoms with van der Waals surface area (Å²) in [6, 6.07) is 0. The molecule has 0 radical (unpaired) electrons. The molecule has 1 aliphatic carbocycles. The van der Waals surface area contributed by atoms with Crippen molar-refractivity contribution >= 4 is 11.6 Å². The fraction of sp³-hybridized carbons (Fsp3) is 0.636. The zero-order chi connectivity index (χ0) is 9.84. The van der Waals surface area contributed by atoms with Crippen LogP contribution in [0.4, 0.5) is 0 Å². The minimum absolute atomic E-state index is 0.115. The van der Waals surface area contributed by atoms with Crippen LogP contribution in [0.3, 0.4) is 0 Å². The molecule has 74 valence electrons. The van der Waals surface area contributed by atoms with Gasteiger partial charge in [0.05, 0.1) is 12.2 Å². The van der Waals surface area contributed by atoms with E-state index in [9.17, 15) is 0 Å². The first kappa shape index (κ1) is 10.8. The highest BCUT2D eigenvalue weighted by Gasteiger charge is 2.15. The first-order valence-electron chi connectivity index (χ1n) is 4.82. The van der Waals surface area contributed by atoms with E-state index in [0.717, 1.165) is 23.4 Å². The van der Waals surface area contributed by atoms with Crippen LogP contribution in [0.15, 0.2) is 22.8 Å². The number of hydrogen-bond acceptors (Lipinski definition) is 1. The van der Waals surface area contributed by atoms with Gasteiger partial charge in [-0.1, -0.05) is 23.8 Å². The van der Waals surface area contributed by atoms with Gasteiger partial charge in [0.25, 0.3) is 0 Å². The van der Waals surface area contributed by atoms with Crippen LogP contribution in [0.25, 0.3) is 0 Å². The molecule has 1 nitrogen and oxygen atoms in total. The van der Waals surface area contributed by atoms with E-state index in [0.29, 0.717) is 0 Å². The normalized spacial score (nSPS) is 19.8. The van der Waals surface area contributed by atoms with Crippen molar-refractivity contribution in [2.75, 3.05) is 0 Å². The van der Waals surface area contributed by atoms with Gasteiger partial charge in [-0.3, -0.25) is 0 Å². The summed E-state index contributed by atoms with van der Waals surface area (Å²) in [6.45, 7) is 6.13. The summed E-state index contributed by atoms with van der Waals surface area (Å²) in [6.07, 6.45) is 6.74. The molecule has 1 atom stereocenters. The lowest BCUT2D eigenvalue weighted by Crippen LogP contribution is -2.17. The van der Waals surface area contributed by atoms with Crippen molar-refractivity contribution in [1.82, 2.24) is 0 Å². The SMILES string of the molecule is CC(C)O[C@H](C)C1=CCCC=C1Cl. The van der Waals surface area contributed by atoms with Gasteiger partial charge < -0.3 is 4.74 Å². The van der Waals surface area contributed by atoms with E-state index in [1.807, 2.05) is 20.8 Å². The first-order valence-corrected chi connectivity index (χ1v) is 5.20. The highest BCUT2D eigenvalue weighted by atomic mass is 35.5. The molecule has 0 aliphatic heterocycles. The van der Waals surface area contributed by atoms with Gasteiger partial charge in [0, 0.05) is 5.03 Å². The maximum absolute atomic E-state index is 6.07. The van der Waals surface area contributed by atoms with Crippen LogP contribution in [-0.4, -0.2) is 12.2 Å². The van der Waals surface area contributed by atoms with Gasteiger partial charge in [-0.05, 0) is 39.2 Å². The third kappa shape index (κ3) is 3.17. The molecule has 0 saturated heterocycles. The van der Waals surface area contributed by atoms with E-state index in [2.05, 4.69) is 12.2 Å². The summed E-state index contributed by atoms with van der Waals surface area (Å²) < 4.78 is 5.67. The predicted molar refractivity (Wildman–Crippen MR) is 56.9 cm³/mol. The van der Waals surface area contributed by atoms with E-state index in [-0.39, 0.29) is 12.2 Å². The lowest BCUT2D eigenvalue weighted by molar-refractivity contribution is 0.0409. The van der Waals surface area contributed by atoms with Crippen molar-refractivity contribution in [2.45, 2.75) is 45.8 Å². The van der Waals surface area contributed by atoms with Gasteiger partial charge in [-0.25, -0.2) is 0 Å². The number of rotatable bonds is 3. The Bertz CT molecular complexity index is 228. The molecule has 0 N–H and O–H groups in total. The van der Waals surface area contributed by atoms with Gasteiger partial charge in [0.1, 0.15) is 0 Å². The van der Waals surface area contributed by atoms with Crippen molar-refractivity contribution in [3.63, 3.8) is 0 Å². The molecule has 13 heavy (non-hydrogen) atoms. The van der Waals surface area contributed by atoms with Gasteiger partial charge in [-0.2, -0.15) is 0 Å². The molecule has 0 aromatic heterocycles. The lowest BCUT2D eigenvalue weighted by atomic mass is 10.0. The molecule has 0 heterocycles. The van der Waals surface area contributed by atoms with Crippen molar-refractivity contribution in [3.8, 4) is 0 Å². The summed E-state index contributed by atoms with van der Waals surface area (Å²) in [4.78, 5) is 0. The molecule has 0 spiro atoms. The van der Waals surface area contributed by atoms with E-state index in [1.54, 1.807) is 0 Å². The number of hydrogen-bond donors (Lipinski definition) is 0. The third-order valence-corrected chi connectivity index (χ3v) is 2.42. The number of ether oxygens (including phenoxy) is 1. The molecular formula is C11H17ClO. The Morgan fingerprint density at radius 2 is 1.85 bits per heavy atom. The van der Waals surface area contributed by atoms with E-state index < -0.39 is 0 Å². The summed E-state index contributed by atoms with van der Waals surface area (Å²) in [5.41, 5.74) is 1.14. The van der Waals surface area contributed by atoms with Gasteiger partial charge >= 0.3 is 0 Å². The smallest absolute Gasteiger partial charge is 0.0811 e. The molecule has 0 aromatic rings. The molecule has 0 saturated carbocycles. The largest absolute Gasteiger partial charge is 0.371 e. The zero-order valence-electron chi connectivity index (χ0n) is 8.51. The average molecular weight is 201 g/mol. The van der Waals surface area contributed by atoms with Crippen LogP contribution in [0.5, 0.6) is 0 Å². The topological polar surface area (TPSA) is 9.23 Å². The van der Waals surface area contributed by atoms with Crippen molar-refractivity contribution in [3.05, 3.63) is 22.8 Å². The predicted octanol–water partition coefficient (Wildman–Crippen LogP) is 3.64. The summed E-state index contributed by atoms with van der Waals surface area (Å²) >= 11 is 6.07. The Balaban J connectivity index is 2.60. The van der Waals surface area contributed by atoms with Gasteiger partial charge in [-0.15, -0.1) is 0 Å². The fourth-order valence-corrected chi connectivity index (χ4v) is 1.85. The molecule has 0 amide bonds. The molecule has 1 aliphatic rings. The Morgan fingerprint density at radius 1 is 1.23 bits per heavy atom. The number of halogens is 1. The number of allylic oxidation sites excluding steroid dienone is 2. The second-order valence-electron chi connectivity index (χ2n) is 3.62.